The monoisotopic (exact) mass is 366 g/mol. The van der Waals surface area contributed by atoms with Crippen molar-refractivity contribution in [2.45, 2.75) is 16.4 Å². The number of nitrogens with zero attached hydrogens (tertiary/aromatic N) is 2. The molecule has 0 spiro atoms. The molecule has 0 aliphatic carbocycles. The van der Waals surface area contributed by atoms with Gasteiger partial charge in [-0.25, -0.2) is 4.79 Å². The fourth-order valence-corrected chi connectivity index (χ4v) is 3.03. The SMILES string of the molecule is O=Cc1ccncc1Sc1ccc(OCc2cncc(C(=O)O)c2)cc1. The lowest BCUT2D eigenvalue weighted by Crippen LogP contribution is -2.01. The molecule has 1 N–H and O–H groups in total. The van der Waals surface area contributed by atoms with E-state index in [1.54, 1.807) is 24.7 Å². The van der Waals surface area contributed by atoms with Gasteiger partial charge >= 0.3 is 5.97 Å². The van der Waals surface area contributed by atoms with Gasteiger partial charge < -0.3 is 9.84 Å². The first-order chi connectivity index (χ1) is 12.7. The number of carbonyl (C=O) groups is 2. The van der Waals surface area contributed by atoms with Crippen molar-refractivity contribution in [2.24, 2.45) is 0 Å². The molecule has 130 valence electrons. The van der Waals surface area contributed by atoms with Gasteiger partial charge in [0.2, 0.25) is 0 Å². The summed E-state index contributed by atoms with van der Waals surface area (Å²) in [4.78, 5) is 31.7. The van der Waals surface area contributed by atoms with Crippen molar-refractivity contribution >= 4 is 24.0 Å². The summed E-state index contributed by atoms with van der Waals surface area (Å²) < 4.78 is 5.67. The molecule has 0 saturated heterocycles. The second kappa shape index (κ2) is 8.26. The van der Waals surface area contributed by atoms with Crippen LogP contribution in [0.5, 0.6) is 5.75 Å². The highest BCUT2D eigenvalue weighted by atomic mass is 32.2. The highest BCUT2D eigenvalue weighted by molar-refractivity contribution is 7.99. The Hall–Kier alpha value is -3.19. The van der Waals surface area contributed by atoms with Gasteiger partial charge in [0.25, 0.3) is 0 Å². The molecule has 0 bridgehead atoms. The molecule has 0 aliphatic rings. The number of carboxylic acids is 1. The fraction of sp³-hybridized carbons (Fsp3) is 0.0526. The summed E-state index contributed by atoms with van der Waals surface area (Å²) in [6.45, 7) is 0.221. The maximum atomic E-state index is 11.1. The zero-order chi connectivity index (χ0) is 18.4. The van der Waals surface area contributed by atoms with Crippen LogP contribution in [0.1, 0.15) is 26.3 Å². The molecule has 6 nitrogen and oxygen atoms in total. The number of carboxylic acid groups (broad SMARTS) is 1. The predicted molar refractivity (Wildman–Crippen MR) is 95.7 cm³/mol. The van der Waals surface area contributed by atoms with E-state index in [-0.39, 0.29) is 12.2 Å². The minimum Gasteiger partial charge on any atom is -0.489 e. The minimum absolute atomic E-state index is 0.125. The molecular formula is C19H14N2O4S. The Bertz CT molecular complexity index is 929. The van der Waals surface area contributed by atoms with Gasteiger partial charge in [-0.05, 0) is 36.4 Å². The molecule has 0 saturated carbocycles. The number of aromatic nitrogens is 2. The Morgan fingerprint density at radius 1 is 1.12 bits per heavy atom. The number of benzene rings is 1. The molecule has 0 atom stereocenters. The van der Waals surface area contributed by atoms with E-state index in [1.807, 2.05) is 24.3 Å². The third kappa shape index (κ3) is 4.46. The number of aldehydes is 1. The molecule has 0 radical (unpaired) electrons. The lowest BCUT2D eigenvalue weighted by molar-refractivity contribution is 0.0696. The first-order valence-corrected chi connectivity index (χ1v) is 8.44. The summed E-state index contributed by atoms with van der Waals surface area (Å²) in [6.07, 6.45) is 6.91. The van der Waals surface area contributed by atoms with Crippen LogP contribution in [-0.2, 0) is 6.61 Å². The summed E-state index contributed by atoms with van der Waals surface area (Å²) >= 11 is 1.44. The summed E-state index contributed by atoms with van der Waals surface area (Å²) in [5, 5.41) is 8.97. The van der Waals surface area contributed by atoms with Crippen molar-refractivity contribution in [3.63, 3.8) is 0 Å². The lowest BCUT2D eigenvalue weighted by atomic mass is 10.2. The molecule has 0 aliphatic heterocycles. The number of rotatable bonds is 7. The lowest BCUT2D eigenvalue weighted by Gasteiger charge is -2.08. The molecule has 0 unspecified atom stereocenters. The number of aromatic carboxylic acids is 1. The van der Waals surface area contributed by atoms with Gasteiger partial charge in [-0.2, -0.15) is 0 Å². The molecule has 26 heavy (non-hydrogen) atoms. The van der Waals surface area contributed by atoms with Crippen molar-refractivity contribution in [3.8, 4) is 5.75 Å². The Morgan fingerprint density at radius 2 is 1.92 bits per heavy atom. The van der Waals surface area contributed by atoms with Crippen LogP contribution < -0.4 is 4.74 Å². The van der Waals surface area contributed by atoms with E-state index in [0.29, 0.717) is 16.9 Å². The van der Waals surface area contributed by atoms with Crippen LogP contribution in [0.3, 0.4) is 0 Å². The van der Waals surface area contributed by atoms with Gasteiger partial charge in [-0.1, -0.05) is 11.8 Å². The largest absolute Gasteiger partial charge is 0.489 e. The van der Waals surface area contributed by atoms with E-state index in [0.717, 1.165) is 16.1 Å². The number of ether oxygens (including phenoxy) is 1. The smallest absolute Gasteiger partial charge is 0.337 e. The maximum Gasteiger partial charge on any atom is 0.337 e. The van der Waals surface area contributed by atoms with Crippen LogP contribution in [-0.4, -0.2) is 27.3 Å². The highest BCUT2D eigenvalue weighted by Crippen LogP contribution is 2.30. The van der Waals surface area contributed by atoms with Crippen molar-refractivity contribution in [1.82, 2.24) is 9.97 Å². The maximum absolute atomic E-state index is 11.1. The summed E-state index contributed by atoms with van der Waals surface area (Å²) in [5.74, 6) is -0.373. The van der Waals surface area contributed by atoms with Gasteiger partial charge in [0, 0.05) is 45.7 Å². The molecular weight excluding hydrogens is 352 g/mol. The van der Waals surface area contributed by atoms with Gasteiger partial charge in [0.05, 0.1) is 5.56 Å². The van der Waals surface area contributed by atoms with Gasteiger partial charge in [-0.3, -0.25) is 14.8 Å². The van der Waals surface area contributed by atoms with Crippen LogP contribution in [0.2, 0.25) is 0 Å². The Morgan fingerprint density at radius 3 is 2.65 bits per heavy atom. The third-order valence-corrected chi connectivity index (χ3v) is 4.51. The van der Waals surface area contributed by atoms with Crippen molar-refractivity contribution < 1.29 is 19.4 Å². The van der Waals surface area contributed by atoms with Crippen molar-refractivity contribution in [1.29, 1.82) is 0 Å². The van der Waals surface area contributed by atoms with Crippen LogP contribution in [0.25, 0.3) is 0 Å². The quantitative estimate of drug-likeness (QED) is 0.637. The highest BCUT2D eigenvalue weighted by Gasteiger charge is 2.06. The van der Waals surface area contributed by atoms with E-state index in [4.69, 9.17) is 9.84 Å². The third-order valence-electron chi connectivity index (χ3n) is 3.44. The predicted octanol–water partition coefficient (Wildman–Crippen LogP) is 3.72. The second-order valence-electron chi connectivity index (χ2n) is 5.28. The van der Waals surface area contributed by atoms with E-state index >= 15 is 0 Å². The second-order valence-corrected chi connectivity index (χ2v) is 6.40. The summed E-state index contributed by atoms with van der Waals surface area (Å²) in [5.41, 5.74) is 1.39. The van der Waals surface area contributed by atoms with E-state index in [9.17, 15) is 9.59 Å². The molecule has 1 aromatic carbocycles. The molecule has 3 rings (SSSR count). The standard InChI is InChI=1S/C19H14N2O4S/c22-11-14-5-6-20-10-18(14)26-17-3-1-16(2-4-17)25-12-13-7-15(19(23)24)9-21-8-13/h1-11H,12H2,(H,23,24). The molecule has 2 aromatic heterocycles. The van der Waals surface area contributed by atoms with Crippen molar-refractivity contribution in [3.05, 3.63) is 77.9 Å². The van der Waals surface area contributed by atoms with E-state index in [1.165, 1.54) is 24.0 Å². The first-order valence-electron chi connectivity index (χ1n) is 7.63. The normalized spacial score (nSPS) is 10.3. The van der Waals surface area contributed by atoms with Crippen LogP contribution >= 0.6 is 11.8 Å². The van der Waals surface area contributed by atoms with Gasteiger partial charge in [0.15, 0.2) is 6.29 Å². The topological polar surface area (TPSA) is 89.4 Å². The Labute approximate surface area is 153 Å². The molecule has 0 amide bonds. The van der Waals surface area contributed by atoms with E-state index in [2.05, 4.69) is 9.97 Å². The Kier molecular flexibility index (Phi) is 5.60. The Balaban J connectivity index is 1.64. The zero-order valence-electron chi connectivity index (χ0n) is 13.5. The fourth-order valence-electron chi connectivity index (χ4n) is 2.15. The number of hydrogen-bond donors (Lipinski definition) is 1. The summed E-state index contributed by atoms with van der Waals surface area (Å²) in [6, 6.07) is 10.6. The van der Waals surface area contributed by atoms with Crippen LogP contribution in [0, 0.1) is 0 Å². The first kappa shape index (κ1) is 17.6. The molecule has 0 fully saturated rings. The summed E-state index contributed by atoms with van der Waals surface area (Å²) in [7, 11) is 0. The van der Waals surface area contributed by atoms with Crippen molar-refractivity contribution in [2.75, 3.05) is 0 Å². The van der Waals surface area contributed by atoms with Gasteiger partial charge in [-0.15, -0.1) is 0 Å². The molecule has 2 heterocycles. The van der Waals surface area contributed by atoms with Crippen LogP contribution in [0.15, 0.2) is 71.0 Å². The zero-order valence-corrected chi connectivity index (χ0v) is 14.3. The molecule has 7 heteroatoms. The minimum atomic E-state index is -1.02. The number of carbonyl (C=O) groups excluding carboxylic acids is 1. The van der Waals surface area contributed by atoms with Crippen LogP contribution in [0.4, 0.5) is 0 Å². The molecule has 3 aromatic rings. The van der Waals surface area contributed by atoms with E-state index < -0.39 is 5.97 Å². The average molecular weight is 366 g/mol. The van der Waals surface area contributed by atoms with Gasteiger partial charge in [0.1, 0.15) is 12.4 Å². The number of hydrogen-bond acceptors (Lipinski definition) is 6. The number of pyridine rings is 2. The average Bonchev–Trinajstić information content (AvgIpc) is 2.68.